The van der Waals surface area contributed by atoms with E-state index < -0.39 is 16.0 Å². The molecule has 0 aliphatic heterocycles. The minimum atomic E-state index is -3.39. The second-order valence-electron chi connectivity index (χ2n) is 7.09. The summed E-state index contributed by atoms with van der Waals surface area (Å²) < 4.78 is 31.2. The molecule has 31 heavy (non-hydrogen) atoms. The molecular weight excluding hydrogens is 458 g/mol. The van der Waals surface area contributed by atoms with Crippen molar-refractivity contribution in [1.29, 1.82) is 0 Å². The average Bonchev–Trinajstić information content (AvgIpc) is 3.08. The van der Waals surface area contributed by atoms with Crippen LogP contribution in [0.15, 0.2) is 41.8 Å². The Kier molecular flexibility index (Phi) is 6.93. The number of carboxylic acids is 1. The fourth-order valence-corrected chi connectivity index (χ4v) is 5.19. The molecule has 9 heteroatoms. The molecule has 2 N–H and O–H groups in total. The van der Waals surface area contributed by atoms with Crippen molar-refractivity contribution >= 4 is 44.6 Å². The van der Waals surface area contributed by atoms with Crippen molar-refractivity contribution < 1.29 is 23.1 Å². The lowest BCUT2D eigenvalue weighted by molar-refractivity contribution is -0.136. The largest absolute Gasteiger partial charge is 0.496 e. The Morgan fingerprint density at radius 3 is 2.48 bits per heavy atom. The van der Waals surface area contributed by atoms with Crippen LogP contribution in [0.5, 0.6) is 5.75 Å². The van der Waals surface area contributed by atoms with E-state index in [1.807, 2.05) is 24.4 Å². The van der Waals surface area contributed by atoms with Crippen molar-refractivity contribution in [3.8, 4) is 28.0 Å². The molecule has 0 saturated carbocycles. The van der Waals surface area contributed by atoms with Crippen LogP contribution in [0.1, 0.15) is 16.9 Å². The second-order valence-corrected chi connectivity index (χ2v) is 10.2. The van der Waals surface area contributed by atoms with Gasteiger partial charge in [-0.25, -0.2) is 8.42 Å². The Balaban J connectivity index is 2.18. The minimum absolute atomic E-state index is 0.0114. The van der Waals surface area contributed by atoms with Gasteiger partial charge in [-0.3, -0.25) is 9.52 Å². The van der Waals surface area contributed by atoms with Gasteiger partial charge in [0.05, 0.1) is 19.8 Å². The van der Waals surface area contributed by atoms with E-state index in [0.717, 1.165) is 39.0 Å². The highest BCUT2D eigenvalue weighted by Gasteiger charge is 2.20. The van der Waals surface area contributed by atoms with Crippen LogP contribution in [0.3, 0.4) is 0 Å². The van der Waals surface area contributed by atoms with Crippen molar-refractivity contribution in [1.82, 2.24) is 0 Å². The molecule has 164 valence electrons. The highest BCUT2D eigenvalue weighted by Crippen LogP contribution is 2.45. The first-order valence-electron chi connectivity index (χ1n) is 9.34. The molecule has 1 aromatic heterocycles. The van der Waals surface area contributed by atoms with E-state index in [-0.39, 0.29) is 6.42 Å². The van der Waals surface area contributed by atoms with Crippen LogP contribution in [0.2, 0.25) is 5.02 Å². The molecule has 2 aromatic carbocycles. The third-order valence-corrected chi connectivity index (χ3v) is 6.57. The maximum Gasteiger partial charge on any atom is 0.303 e. The van der Waals surface area contributed by atoms with Crippen LogP contribution >= 0.6 is 22.9 Å². The van der Waals surface area contributed by atoms with E-state index in [4.69, 9.17) is 16.3 Å². The predicted molar refractivity (Wildman–Crippen MR) is 126 cm³/mol. The summed E-state index contributed by atoms with van der Waals surface area (Å²) in [6, 6.07) is 10.7. The molecule has 0 saturated heterocycles. The number of sulfonamides is 1. The topological polar surface area (TPSA) is 92.7 Å². The number of rotatable bonds is 8. The number of ether oxygens (including phenoxy) is 1. The maximum atomic E-state index is 11.6. The number of anilines is 1. The standard InChI is InChI=1S/C22H22ClNO5S2/c1-13-10-15(24-31(3,27)28)5-7-16(13)22-18(12-30-20(22)8-9-21(25)26)17-6-4-14(23)11-19(17)29-2/h4-7,10-12,24H,8-9H2,1-3H3,(H,25,26). The zero-order chi connectivity index (χ0) is 22.8. The molecule has 0 aliphatic carbocycles. The minimum Gasteiger partial charge on any atom is -0.496 e. The number of benzene rings is 2. The number of hydrogen-bond donors (Lipinski definition) is 2. The van der Waals surface area contributed by atoms with Crippen LogP contribution in [0.25, 0.3) is 22.3 Å². The van der Waals surface area contributed by atoms with Gasteiger partial charge in [-0.1, -0.05) is 17.7 Å². The molecule has 0 radical (unpaired) electrons. The lowest BCUT2D eigenvalue weighted by Gasteiger charge is -2.15. The summed E-state index contributed by atoms with van der Waals surface area (Å²) in [6.07, 6.45) is 1.50. The quantitative estimate of drug-likeness (QED) is 0.448. The Bertz CT molecular complexity index is 1230. The highest BCUT2D eigenvalue weighted by atomic mass is 35.5. The first kappa shape index (κ1) is 23.1. The van der Waals surface area contributed by atoms with Crippen molar-refractivity contribution in [2.24, 2.45) is 0 Å². The van der Waals surface area contributed by atoms with E-state index >= 15 is 0 Å². The zero-order valence-corrected chi connectivity index (χ0v) is 19.6. The number of hydrogen-bond acceptors (Lipinski definition) is 5. The van der Waals surface area contributed by atoms with Crippen molar-refractivity contribution in [2.75, 3.05) is 18.1 Å². The maximum absolute atomic E-state index is 11.6. The summed E-state index contributed by atoms with van der Waals surface area (Å²) in [5.41, 5.74) is 4.89. The van der Waals surface area contributed by atoms with Gasteiger partial charge in [0.2, 0.25) is 10.0 Å². The highest BCUT2D eigenvalue weighted by molar-refractivity contribution is 7.92. The smallest absolute Gasteiger partial charge is 0.303 e. The Hall–Kier alpha value is -2.55. The summed E-state index contributed by atoms with van der Waals surface area (Å²) in [5.74, 6) is -0.251. The van der Waals surface area contributed by atoms with Crippen molar-refractivity contribution in [2.45, 2.75) is 19.8 Å². The third kappa shape index (κ3) is 5.58. The third-order valence-electron chi connectivity index (χ3n) is 4.69. The molecular formula is C22H22ClNO5S2. The van der Waals surface area contributed by atoms with Crippen LogP contribution < -0.4 is 9.46 Å². The van der Waals surface area contributed by atoms with Gasteiger partial charge in [-0.05, 0) is 60.2 Å². The Morgan fingerprint density at radius 1 is 1.16 bits per heavy atom. The molecule has 0 unspecified atom stereocenters. The van der Waals surface area contributed by atoms with Gasteiger partial charge in [0.15, 0.2) is 0 Å². The Labute approximate surface area is 190 Å². The molecule has 0 aliphatic rings. The van der Waals surface area contributed by atoms with Crippen molar-refractivity contribution in [3.63, 3.8) is 0 Å². The van der Waals surface area contributed by atoms with Crippen LogP contribution in [0, 0.1) is 6.92 Å². The predicted octanol–water partition coefficient (Wildman–Crippen LogP) is 5.44. The monoisotopic (exact) mass is 479 g/mol. The summed E-state index contributed by atoms with van der Waals surface area (Å²) >= 11 is 7.62. The molecule has 0 atom stereocenters. The lowest BCUT2D eigenvalue weighted by atomic mass is 9.92. The van der Waals surface area contributed by atoms with E-state index in [9.17, 15) is 18.3 Å². The number of methoxy groups -OCH3 is 1. The van der Waals surface area contributed by atoms with E-state index in [2.05, 4.69) is 4.72 Å². The number of carboxylic acid groups (broad SMARTS) is 1. The number of carbonyl (C=O) groups is 1. The molecule has 0 spiro atoms. The summed E-state index contributed by atoms with van der Waals surface area (Å²) in [4.78, 5) is 12.1. The zero-order valence-electron chi connectivity index (χ0n) is 17.2. The second kappa shape index (κ2) is 9.30. The molecule has 3 rings (SSSR count). The van der Waals surface area contributed by atoms with Gasteiger partial charge in [-0.15, -0.1) is 11.3 Å². The SMILES string of the molecule is COc1cc(Cl)ccc1-c1csc(CCC(=O)O)c1-c1ccc(NS(C)(=O)=O)cc1C. The summed E-state index contributed by atoms with van der Waals surface area (Å²) in [5, 5.41) is 11.7. The van der Waals surface area contributed by atoms with Gasteiger partial charge in [0.25, 0.3) is 0 Å². The van der Waals surface area contributed by atoms with Crippen LogP contribution in [0.4, 0.5) is 5.69 Å². The van der Waals surface area contributed by atoms with Crippen molar-refractivity contribution in [3.05, 3.63) is 57.2 Å². The fourth-order valence-electron chi connectivity index (χ4n) is 3.41. The molecule has 0 bridgehead atoms. The van der Waals surface area contributed by atoms with Gasteiger partial charge in [0, 0.05) is 32.3 Å². The number of halogens is 1. The molecule has 0 amide bonds. The van der Waals surface area contributed by atoms with Gasteiger partial charge < -0.3 is 9.84 Å². The first-order valence-corrected chi connectivity index (χ1v) is 12.5. The molecule has 3 aromatic rings. The number of aryl methyl sites for hydroxylation is 2. The summed E-state index contributed by atoms with van der Waals surface area (Å²) in [7, 11) is -1.82. The number of aliphatic carboxylic acids is 1. The molecule has 1 heterocycles. The van der Waals surface area contributed by atoms with Gasteiger partial charge >= 0.3 is 5.97 Å². The Morgan fingerprint density at radius 2 is 1.87 bits per heavy atom. The average molecular weight is 480 g/mol. The van der Waals surface area contributed by atoms with Crippen LogP contribution in [-0.2, 0) is 21.2 Å². The molecule has 6 nitrogen and oxygen atoms in total. The first-order chi connectivity index (χ1) is 14.6. The molecule has 0 fully saturated rings. The van der Waals surface area contributed by atoms with E-state index in [0.29, 0.717) is 22.9 Å². The number of nitrogens with one attached hydrogen (secondary N) is 1. The number of thiophene rings is 1. The fraction of sp³-hybridized carbons (Fsp3) is 0.227. The van der Waals surface area contributed by atoms with Gasteiger partial charge in [0.1, 0.15) is 5.75 Å². The van der Waals surface area contributed by atoms with E-state index in [1.54, 1.807) is 31.4 Å². The normalized spacial score (nSPS) is 11.4. The van der Waals surface area contributed by atoms with Crippen LogP contribution in [-0.4, -0.2) is 32.9 Å². The van der Waals surface area contributed by atoms with Gasteiger partial charge in [-0.2, -0.15) is 0 Å². The lowest BCUT2D eigenvalue weighted by Crippen LogP contribution is -2.09. The van der Waals surface area contributed by atoms with E-state index in [1.165, 1.54) is 11.3 Å². The summed E-state index contributed by atoms with van der Waals surface area (Å²) in [6.45, 7) is 1.89.